The Morgan fingerprint density at radius 2 is 1.95 bits per heavy atom. The number of fused-ring (bicyclic) bond motifs is 1. The van der Waals surface area contributed by atoms with E-state index >= 15 is 0 Å². The van der Waals surface area contributed by atoms with Crippen molar-refractivity contribution < 1.29 is 0 Å². The van der Waals surface area contributed by atoms with E-state index in [0.717, 1.165) is 14.6 Å². The van der Waals surface area contributed by atoms with Crippen molar-refractivity contribution in [2.45, 2.75) is 6.54 Å². The molecule has 7 heteroatoms. The van der Waals surface area contributed by atoms with Gasteiger partial charge in [-0.2, -0.15) is 0 Å². The van der Waals surface area contributed by atoms with Crippen molar-refractivity contribution in [3.05, 3.63) is 61.5 Å². The molecule has 2 heterocycles. The molecule has 3 aromatic rings. The molecule has 0 saturated carbocycles. The third kappa shape index (κ3) is 2.23. The van der Waals surface area contributed by atoms with Gasteiger partial charge in [-0.05, 0) is 17.7 Å². The van der Waals surface area contributed by atoms with Crippen molar-refractivity contribution in [3.63, 3.8) is 0 Å². The van der Waals surface area contributed by atoms with Gasteiger partial charge in [0.15, 0.2) is 11.2 Å². The number of rotatable bonds is 2. The average molecular weight is 349 g/mol. The Kier molecular flexibility index (Phi) is 3.29. The summed E-state index contributed by atoms with van der Waals surface area (Å²) >= 11 is 3.43. The maximum absolute atomic E-state index is 12.3. The summed E-state index contributed by atoms with van der Waals surface area (Å²) in [5, 5.41) is 0. The summed E-state index contributed by atoms with van der Waals surface area (Å²) in [5.41, 5.74) is 1.16. The maximum atomic E-state index is 12.3. The van der Waals surface area contributed by atoms with Crippen molar-refractivity contribution in [3.8, 4) is 0 Å². The number of hydrogen-bond donors (Lipinski definition) is 0. The van der Waals surface area contributed by atoms with Gasteiger partial charge in [-0.3, -0.25) is 13.9 Å². The van der Waals surface area contributed by atoms with Gasteiger partial charge in [-0.1, -0.05) is 28.1 Å². The number of aryl methyl sites for hydroxylation is 1. The van der Waals surface area contributed by atoms with Crippen LogP contribution in [0.1, 0.15) is 5.56 Å². The van der Waals surface area contributed by atoms with Gasteiger partial charge in [-0.15, -0.1) is 0 Å². The molecule has 0 saturated heterocycles. The number of nitrogens with zero attached hydrogens (tertiary/aromatic N) is 4. The highest BCUT2D eigenvalue weighted by molar-refractivity contribution is 9.10. The summed E-state index contributed by atoms with van der Waals surface area (Å²) in [6.07, 6.45) is 1.59. The Morgan fingerprint density at radius 1 is 1.19 bits per heavy atom. The summed E-state index contributed by atoms with van der Waals surface area (Å²) in [4.78, 5) is 28.4. The highest BCUT2D eigenvalue weighted by Gasteiger charge is 2.14. The van der Waals surface area contributed by atoms with Gasteiger partial charge in [-0.25, -0.2) is 9.78 Å². The van der Waals surface area contributed by atoms with Crippen molar-refractivity contribution >= 4 is 27.1 Å². The minimum atomic E-state index is -0.375. The predicted molar refractivity (Wildman–Crippen MR) is 83.5 cm³/mol. The second-order valence-corrected chi connectivity index (χ2v) is 5.80. The van der Waals surface area contributed by atoms with Crippen LogP contribution in [0.5, 0.6) is 0 Å². The molecule has 0 aliphatic heterocycles. The molecular weight excluding hydrogens is 336 g/mol. The molecular formula is C14H13BrN4O2. The van der Waals surface area contributed by atoms with Crippen LogP contribution in [0.2, 0.25) is 0 Å². The highest BCUT2D eigenvalue weighted by atomic mass is 79.9. The summed E-state index contributed by atoms with van der Waals surface area (Å²) < 4.78 is 5.22. The Labute approximate surface area is 128 Å². The van der Waals surface area contributed by atoms with E-state index in [1.807, 2.05) is 24.3 Å². The van der Waals surface area contributed by atoms with Gasteiger partial charge in [0.1, 0.15) is 0 Å². The lowest BCUT2D eigenvalue weighted by Gasteiger charge is -2.07. The Morgan fingerprint density at radius 3 is 2.67 bits per heavy atom. The molecule has 0 spiro atoms. The Bertz CT molecular complexity index is 952. The second-order valence-electron chi connectivity index (χ2n) is 4.88. The first-order valence-corrected chi connectivity index (χ1v) is 7.13. The quantitative estimate of drug-likeness (QED) is 0.700. The van der Waals surface area contributed by atoms with Crippen LogP contribution in [0.3, 0.4) is 0 Å². The molecule has 0 aliphatic carbocycles. The van der Waals surface area contributed by atoms with E-state index in [1.54, 1.807) is 17.9 Å². The van der Waals surface area contributed by atoms with E-state index in [2.05, 4.69) is 20.9 Å². The van der Waals surface area contributed by atoms with Gasteiger partial charge in [0.05, 0.1) is 6.33 Å². The van der Waals surface area contributed by atoms with Crippen LogP contribution in [0.15, 0.2) is 44.7 Å². The molecule has 0 atom stereocenters. The van der Waals surface area contributed by atoms with Crippen LogP contribution in [0.4, 0.5) is 0 Å². The van der Waals surface area contributed by atoms with Crippen LogP contribution in [0.25, 0.3) is 11.2 Å². The zero-order chi connectivity index (χ0) is 15.1. The zero-order valence-corrected chi connectivity index (χ0v) is 13.2. The first kappa shape index (κ1) is 13.8. The van der Waals surface area contributed by atoms with Crippen molar-refractivity contribution in [2.75, 3.05) is 0 Å². The minimum absolute atomic E-state index is 0.333. The number of halogens is 1. The summed E-state index contributed by atoms with van der Waals surface area (Å²) in [7, 11) is 3.08. The minimum Gasteiger partial charge on any atom is -0.320 e. The number of benzene rings is 1. The first-order chi connectivity index (χ1) is 9.99. The lowest BCUT2D eigenvalue weighted by Crippen LogP contribution is -2.37. The fourth-order valence-corrected chi connectivity index (χ4v) is 2.80. The molecule has 0 N–H and O–H groups in total. The molecule has 108 valence electrons. The fraction of sp³-hybridized carbons (Fsp3) is 0.214. The lowest BCUT2D eigenvalue weighted by molar-refractivity contribution is 0.702. The van der Waals surface area contributed by atoms with Gasteiger partial charge < -0.3 is 4.57 Å². The molecule has 2 aromatic heterocycles. The summed E-state index contributed by atoms with van der Waals surface area (Å²) in [5.74, 6) is 0. The van der Waals surface area contributed by atoms with Gasteiger partial charge in [0, 0.05) is 25.1 Å². The van der Waals surface area contributed by atoms with Crippen LogP contribution in [-0.2, 0) is 20.6 Å². The standard InChI is InChI=1S/C14H13BrN4O2/c1-17-12-11(13(20)18(2)14(17)21)19(8-16-12)7-9-4-3-5-10(15)6-9/h3-6,8H,7H2,1-2H3. The second kappa shape index (κ2) is 5.00. The molecule has 1 aromatic carbocycles. The summed E-state index contributed by atoms with van der Waals surface area (Å²) in [6.45, 7) is 0.517. The molecule has 0 aliphatic rings. The molecule has 0 radical (unpaired) electrons. The van der Waals surface area contributed by atoms with Crippen LogP contribution in [0, 0.1) is 0 Å². The Balaban J connectivity index is 2.21. The lowest BCUT2D eigenvalue weighted by atomic mass is 10.2. The molecule has 0 amide bonds. The van der Waals surface area contributed by atoms with Gasteiger partial charge in [0.25, 0.3) is 5.56 Å². The molecule has 0 bridgehead atoms. The molecule has 21 heavy (non-hydrogen) atoms. The smallest absolute Gasteiger partial charge is 0.320 e. The largest absolute Gasteiger partial charge is 0.332 e. The average Bonchev–Trinajstić information content (AvgIpc) is 2.87. The highest BCUT2D eigenvalue weighted by Crippen LogP contribution is 2.14. The van der Waals surface area contributed by atoms with E-state index in [9.17, 15) is 9.59 Å². The van der Waals surface area contributed by atoms with Crippen molar-refractivity contribution in [2.24, 2.45) is 14.1 Å². The maximum Gasteiger partial charge on any atom is 0.332 e. The molecule has 6 nitrogen and oxygen atoms in total. The topological polar surface area (TPSA) is 61.8 Å². The van der Waals surface area contributed by atoms with E-state index in [-0.39, 0.29) is 11.2 Å². The third-order valence-corrected chi connectivity index (χ3v) is 3.95. The van der Waals surface area contributed by atoms with Crippen LogP contribution < -0.4 is 11.2 Å². The third-order valence-electron chi connectivity index (χ3n) is 3.46. The van der Waals surface area contributed by atoms with Gasteiger partial charge >= 0.3 is 5.69 Å². The number of hydrogen-bond acceptors (Lipinski definition) is 3. The number of aromatic nitrogens is 4. The predicted octanol–water partition coefficient (Wildman–Crippen LogP) is 1.24. The Hall–Kier alpha value is -2.15. The fourth-order valence-electron chi connectivity index (χ4n) is 2.35. The normalized spacial score (nSPS) is 11.2. The molecule has 3 rings (SSSR count). The van der Waals surface area contributed by atoms with Crippen molar-refractivity contribution in [1.82, 2.24) is 18.7 Å². The monoisotopic (exact) mass is 348 g/mol. The molecule has 0 fully saturated rings. The van der Waals surface area contributed by atoms with Crippen LogP contribution >= 0.6 is 15.9 Å². The first-order valence-electron chi connectivity index (χ1n) is 6.34. The SMILES string of the molecule is Cn1c(=O)c2c(ncn2Cc2cccc(Br)c2)n(C)c1=O. The van der Waals surface area contributed by atoms with E-state index < -0.39 is 0 Å². The summed E-state index contributed by atoms with van der Waals surface area (Å²) in [6, 6.07) is 7.84. The number of imidazole rings is 1. The van der Waals surface area contributed by atoms with E-state index in [0.29, 0.717) is 17.7 Å². The van der Waals surface area contributed by atoms with Gasteiger partial charge in [0.2, 0.25) is 0 Å². The van der Waals surface area contributed by atoms with Crippen LogP contribution in [-0.4, -0.2) is 18.7 Å². The van der Waals surface area contributed by atoms with Crippen molar-refractivity contribution in [1.29, 1.82) is 0 Å². The zero-order valence-electron chi connectivity index (χ0n) is 11.6. The van der Waals surface area contributed by atoms with E-state index in [1.165, 1.54) is 11.6 Å². The van der Waals surface area contributed by atoms with E-state index in [4.69, 9.17) is 0 Å². The molecule has 0 unspecified atom stereocenters.